The average Bonchev–Trinajstić information content (AvgIpc) is 2.42. The lowest BCUT2D eigenvalue weighted by molar-refractivity contribution is -0.119. The van der Waals surface area contributed by atoms with Crippen LogP contribution in [0.15, 0.2) is 22.7 Å². The lowest BCUT2D eigenvalue weighted by Gasteiger charge is -2.31. The predicted molar refractivity (Wildman–Crippen MR) is 90.3 cm³/mol. The standard InChI is InChI=1S/C13H17BrClN3O2.ClH/c14-9-1-2-12(11(15)5-9)17-13(19)8-18-3-4-20-10(6-16)7-18;/h1-2,5,10H,3-4,6-8,16H2,(H,17,19);1H. The number of ether oxygens (including phenoxy) is 1. The normalized spacial score (nSPS) is 18.9. The summed E-state index contributed by atoms with van der Waals surface area (Å²) in [5, 5.41) is 3.32. The summed E-state index contributed by atoms with van der Waals surface area (Å²) < 4.78 is 6.34. The first-order valence-corrected chi connectivity index (χ1v) is 7.54. The molecule has 1 unspecified atom stereocenters. The van der Waals surface area contributed by atoms with E-state index in [9.17, 15) is 4.79 Å². The molecule has 0 aromatic heterocycles. The van der Waals surface area contributed by atoms with Gasteiger partial charge in [0.1, 0.15) is 0 Å². The van der Waals surface area contributed by atoms with Crippen molar-refractivity contribution >= 4 is 51.5 Å². The van der Waals surface area contributed by atoms with Gasteiger partial charge < -0.3 is 15.8 Å². The van der Waals surface area contributed by atoms with E-state index in [4.69, 9.17) is 22.1 Å². The fraction of sp³-hybridized carbons (Fsp3) is 0.462. The van der Waals surface area contributed by atoms with E-state index < -0.39 is 0 Å². The molecule has 0 spiro atoms. The van der Waals surface area contributed by atoms with E-state index in [-0.39, 0.29) is 24.4 Å². The highest BCUT2D eigenvalue weighted by atomic mass is 79.9. The highest BCUT2D eigenvalue weighted by molar-refractivity contribution is 9.10. The van der Waals surface area contributed by atoms with Gasteiger partial charge in [0.25, 0.3) is 0 Å². The number of hydrogen-bond acceptors (Lipinski definition) is 4. The minimum atomic E-state index is -0.0908. The Labute approximate surface area is 143 Å². The van der Waals surface area contributed by atoms with E-state index >= 15 is 0 Å². The molecule has 1 atom stereocenters. The van der Waals surface area contributed by atoms with Crippen molar-refractivity contribution in [1.82, 2.24) is 4.90 Å². The maximum Gasteiger partial charge on any atom is 0.238 e. The van der Waals surface area contributed by atoms with Crippen molar-refractivity contribution in [2.75, 3.05) is 38.1 Å². The van der Waals surface area contributed by atoms with Crippen LogP contribution in [0.3, 0.4) is 0 Å². The van der Waals surface area contributed by atoms with Crippen molar-refractivity contribution in [3.05, 3.63) is 27.7 Å². The van der Waals surface area contributed by atoms with Crippen LogP contribution in [0.4, 0.5) is 5.69 Å². The monoisotopic (exact) mass is 397 g/mol. The van der Waals surface area contributed by atoms with Crippen LogP contribution in [0.2, 0.25) is 5.02 Å². The third-order valence-corrected chi connectivity index (χ3v) is 3.86. The molecular formula is C13H18BrCl2N3O2. The first-order valence-electron chi connectivity index (χ1n) is 6.37. The van der Waals surface area contributed by atoms with Gasteiger partial charge in [-0.25, -0.2) is 0 Å². The zero-order valence-electron chi connectivity index (χ0n) is 11.4. The van der Waals surface area contributed by atoms with E-state index in [0.717, 1.165) is 11.0 Å². The van der Waals surface area contributed by atoms with Crippen molar-refractivity contribution in [2.45, 2.75) is 6.10 Å². The number of carbonyl (C=O) groups is 1. The van der Waals surface area contributed by atoms with Gasteiger partial charge in [0, 0.05) is 24.1 Å². The van der Waals surface area contributed by atoms with Gasteiger partial charge in [-0.3, -0.25) is 9.69 Å². The van der Waals surface area contributed by atoms with Crippen LogP contribution < -0.4 is 11.1 Å². The second-order valence-electron chi connectivity index (χ2n) is 4.64. The van der Waals surface area contributed by atoms with Gasteiger partial charge >= 0.3 is 0 Å². The molecule has 1 aromatic carbocycles. The van der Waals surface area contributed by atoms with Crippen LogP contribution in [-0.2, 0) is 9.53 Å². The van der Waals surface area contributed by atoms with Gasteiger partial charge in [-0.1, -0.05) is 27.5 Å². The molecule has 118 valence electrons. The van der Waals surface area contributed by atoms with Crippen LogP contribution in [0.1, 0.15) is 0 Å². The first-order chi connectivity index (χ1) is 9.58. The molecule has 8 heteroatoms. The van der Waals surface area contributed by atoms with Crippen molar-refractivity contribution in [1.29, 1.82) is 0 Å². The third kappa shape index (κ3) is 5.73. The quantitative estimate of drug-likeness (QED) is 0.815. The zero-order chi connectivity index (χ0) is 14.5. The molecule has 3 N–H and O–H groups in total. The summed E-state index contributed by atoms with van der Waals surface area (Å²) in [6.45, 7) is 2.80. The highest BCUT2D eigenvalue weighted by Crippen LogP contribution is 2.25. The maximum absolute atomic E-state index is 12.0. The van der Waals surface area contributed by atoms with Crippen molar-refractivity contribution in [2.24, 2.45) is 5.73 Å². The first kappa shape index (κ1) is 18.7. The predicted octanol–water partition coefficient (Wildman–Crippen LogP) is 2.12. The molecule has 1 amide bonds. The Kier molecular flexibility index (Phi) is 7.94. The summed E-state index contributed by atoms with van der Waals surface area (Å²) in [6, 6.07) is 5.35. The van der Waals surface area contributed by atoms with Crippen LogP contribution in [0, 0.1) is 0 Å². The average molecular weight is 399 g/mol. The lowest BCUT2D eigenvalue weighted by atomic mass is 10.2. The number of hydrogen-bond donors (Lipinski definition) is 2. The lowest BCUT2D eigenvalue weighted by Crippen LogP contribution is -2.48. The number of morpholine rings is 1. The largest absolute Gasteiger partial charge is 0.374 e. The number of carbonyl (C=O) groups excluding carboxylic acids is 1. The second-order valence-corrected chi connectivity index (χ2v) is 5.96. The minimum absolute atomic E-state index is 0. The third-order valence-electron chi connectivity index (χ3n) is 3.06. The van der Waals surface area contributed by atoms with E-state index in [1.807, 2.05) is 11.0 Å². The Morgan fingerprint density at radius 2 is 2.33 bits per heavy atom. The summed E-state index contributed by atoms with van der Waals surface area (Å²) in [4.78, 5) is 14.0. The number of halogens is 3. The molecule has 1 fully saturated rings. The van der Waals surface area contributed by atoms with Gasteiger partial charge in [-0.15, -0.1) is 12.4 Å². The van der Waals surface area contributed by atoms with Crippen LogP contribution >= 0.6 is 39.9 Å². The Balaban J connectivity index is 0.00000220. The molecule has 1 heterocycles. The number of nitrogens with zero attached hydrogens (tertiary/aromatic N) is 1. The fourth-order valence-corrected chi connectivity index (χ4v) is 2.77. The zero-order valence-corrected chi connectivity index (χ0v) is 14.5. The molecule has 0 saturated carbocycles. The molecule has 0 aliphatic carbocycles. The molecule has 1 aliphatic heterocycles. The smallest absolute Gasteiger partial charge is 0.238 e. The SMILES string of the molecule is Cl.NCC1CN(CC(=O)Nc2ccc(Br)cc2Cl)CCO1. The summed E-state index contributed by atoms with van der Waals surface area (Å²) >= 11 is 9.39. The number of anilines is 1. The molecule has 21 heavy (non-hydrogen) atoms. The van der Waals surface area contributed by atoms with Gasteiger partial charge in [-0.2, -0.15) is 0 Å². The molecule has 0 radical (unpaired) electrons. The molecule has 5 nitrogen and oxygen atoms in total. The van der Waals surface area contributed by atoms with E-state index in [1.165, 1.54) is 0 Å². The number of amides is 1. The Hall–Kier alpha value is -0.370. The molecule has 1 aromatic rings. The van der Waals surface area contributed by atoms with E-state index in [2.05, 4.69) is 21.2 Å². The van der Waals surface area contributed by atoms with Crippen LogP contribution in [0.5, 0.6) is 0 Å². The summed E-state index contributed by atoms with van der Waals surface area (Å²) in [5.41, 5.74) is 6.19. The van der Waals surface area contributed by atoms with Crippen molar-refractivity contribution in [3.63, 3.8) is 0 Å². The molecule has 1 saturated heterocycles. The molecule has 1 aliphatic rings. The van der Waals surface area contributed by atoms with Gasteiger partial charge in [0.2, 0.25) is 5.91 Å². The Bertz CT molecular complexity index is 490. The maximum atomic E-state index is 12.0. The molecule has 2 rings (SSSR count). The van der Waals surface area contributed by atoms with Crippen LogP contribution in [0.25, 0.3) is 0 Å². The van der Waals surface area contributed by atoms with Gasteiger partial charge in [-0.05, 0) is 18.2 Å². The molecular weight excluding hydrogens is 381 g/mol. The number of benzene rings is 1. The van der Waals surface area contributed by atoms with Crippen LogP contribution in [-0.4, -0.2) is 49.7 Å². The van der Waals surface area contributed by atoms with Gasteiger partial charge in [0.05, 0.1) is 30.0 Å². The number of nitrogens with two attached hydrogens (primary N) is 1. The summed E-state index contributed by atoms with van der Waals surface area (Å²) in [6.07, 6.45) is 0.00724. The van der Waals surface area contributed by atoms with E-state index in [0.29, 0.717) is 37.0 Å². The van der Waals surface area contributed by atoms with Crippen molar-refractivity contribution in [3.8, 4) is 0 Å². The summed E-state index contributed by atoms with van der Waals surface area (Å²) in [7, 11) is 0. The Morgan fingerprint density at radius 1 is 1.57 bits per heavy atom. The topological polar surface area (TPSA) is 67.6 Å². The number of rotatable bonds is 4. The second kappa shape index (κ2) is 8.92. The fourth-order valence-electron chi connectivity index (χ4n) is 2.05. The highest BCUT2D eigenvalue weighted by Gasteiger charge is 2.21. The van der Waals surface area contributed by atoms with E-state index in [1.54, 1.807) is 12.1 Å². The molecule has 0 bridgehead atoms. The Morgan fingerprint density at radius 3 is 3.00 bits per heavy atom. The summed E-state index contributed by atoms with van der Waals surface area (Å²) in [5.74, 6) is -0.0908. The number of nitrogens with one attached hydrogen (secondary N) is 1. The van der Waals surface area contributed by atoms with Gasteiger partial charge in [0.15, 0.2) is 0 Å². The minimum Gasteiger partial charge on any atom is -0.374 e. The van der Waals surface area contributed by atoms with Crippen molar-refractivity contribution < 1.29 is 9.53 Å².